The number of hydrogen-bond acceptors (Lipinski definition) is 3. The molecule has 4 rings (SSSR count). The highest BCUT2D eigenvalue weighted by molar-refractivity contribution is 6.03. The molecule has 1 atom stereocenters. The zero-order valence-electron chi connectivity index (χ0n) is 15.0. The molecule has 0 N–H and O–H groups in total. The summed E-state index contributed by atoms with van der Waals surface area (Å²) in [6.45, 7) is 3.83. The fourth-order valence-electron chi connectivity index (χ4n) is 3.33. The Bertz CT molecular complexity index is 979. The number of rotatable bonds is 3. The first kappa shape index (κ1) is 16.5. The van der Waals surface area contributed by atoms with Crippen LogP contribution in [0.15, 0.2) is 72.0 Å². The van der Waals surface area contributed by atoms with Gasteiger partial charge in [0, 0.05) is 23.9 Å². The molecule has 0 radical (unpaired) electrons. The zero-order valence-corrected chi connectivity index (χ0v) is 15.0. The van der Waals surface area contributed by atoms with Gasteiger partial charge < -0.3 is 0 Å². The number of nitrogens with zero attached hydrogens (tertiary/aromatic N) is 3. The highest BCUT2D eigenvalue weighted by Gasteiger charge is 2.34. The number of hydrogen-bond donors (Lipinski definition) is 0. The standard InChI is InChI=1S/C22H21N3O/c1-15(2)22(26)25-21(14-20(24-25)16-7-4-3-5-8-16)18-11-10-17-9-6-12-23-19(17)13-18/h3-13,15,21H,14H2,1-2H3. The second-order valence-electron chi connectivity index (χ2n) is 6.93. The van der Waals surface area contributed by atoms with Crippen molar-refractivity contribution in [3.05, 3.63) is 78.0 Å². The minimum absolute atomic E-state index is 0.0436. The number of amides is 1. The van der Waals surface area contributed by atoms with Crippen LogP contribution in [0.1, 0.15) is 37.4 Å². The average molecular weight is 343 g/mol. The zero-order chi connectivity index (χ0) is 18.1. The van der Waals surface area contributed by atoms with E-state index in [1.54, 1.807) is 11.2 Å². The molecule has 1 amide bonds. The van der Waals surface area contributed by atoms with E-state index in [4.69, 9.17) is 5.10 Å². The van der Waals surface area contributed by atoms with E-state index in [0.717, 1.165) is 27.7 Å². The van der Waals surface area contributed by atoms with E-state index < -0.39 is 0 Å². The van der Waals surface area contributed by atoms with Crippen molar-refractivity contribution in [2.24, 2.45) is 11.0 Å². The van der Waals surface area contributed by atoms with Gasteiger partial charge in [-0.15, -0.1) is 0 Å². The maximum absolute atomic E-state index is 12.8. The lowest BCUT2D eigenvalue weighted by Crippen LogP contribution is -2.30. The van der Waals surface area contributed by atoms with Gasteiger partial charge in [0.25, 0.3) is 0 Å². The van der Waals surface area contributed by atoms with Gasteiger partial charge in [-0.25, -0.2) is 5.01 Å². The number of fused-ring (bicyclic) bond motifs is 1. The van der Waals surface area contributed by atoms with Crippen LogP contribution < -0.4 is 0 Å². The third kappa shape index (κ3) is 2.99. The molecule has 0 spiro atoms. The Morgan fingerprint density at radius 1 is 1.08 bits per heavy atom. The first-order valence-electron chi connectivity index (χ1n) is 8.94. The minimum atomic E-state index is -0.102. The molecule has 1 aliphatic rings. The lowest BCUT2D eigenvalue weighted by molar-refractivity contribution is -0.136. The van der Waals surface area contributed by atoms with E-state index in [-0.39, 0.29) is 17.9 Å². The van der Waals surface area contributed by atoms with Crippen molar-refractivity contribution in [2.75, 3.05) is 0 Å². The van der Waals surface area contributed by atoms with Crippen LogP contribution in [0.4, 0.5) is 0 Å². The van der Waals surface area contributed by atoms with Crippen LogP contribution in [0, 0.1) is 5.92 Å². The quantitative estimate of drug-likeness (QED) is 0.699. The van der Waals surface area contributed by atoms with Crippen molar-refractivity contribution in [3.63, 3.8) is 0 Å². The van der Waals surface area contributed by atoms with Crippen molar-refractivity contribution in [1.29, 1.82) is 0 Å². The average Bonchev–Trinajstić information content (AvgIpc) is 3.13. The van der Waals surface area contributed by atoms with Crippen LogP contribution >= 0.6 is 0 Å². The summed E-state index contributed by atoms with van der Waals surface area (Å²) in [5.74, 6) is -0.0583. The van der Waals surface area contributed by atoms with Crippen LogP contribution in [-0.2, 0) is 4.79 Å². The fraction of sp³-hybridized carbons (Fsp3) is 0.227. The maximum atomic E-state index is 12.8. The Morgan fingerprint density at radius 2 is 1.88 bits per heavy atom. The normalized spacial score (nSPS) is 17.0. The molecule has 4 heteroatoms. The Labute approximate surface area is 153 Å². The molecule has 26 heavy (non-hydrogen) atoms. The number of pyridine rings is 1. The topological polar surface area (TPSA) is 45.6 Å². The molecule has 0 bridgehead atoms. The first-order valence-corrected chi connectivity index (χ1v) is 8.94. The van der Waals surface area contributed by atoms with Crippen LogP contribution in [0.5, 0.6) is 0 Å². The van der Waals surface area contributed by atoms with Crippen LogP contribution in [0.2, 0.25) is 0 Å². The van der Waals surface area contributed by atoms with E-state index in [9.17, 15) is 4.79 Å². The summed E-state index contributed by atoms with van der Waals surface area (Å²) in [6, 6.07) is 20.2. The highest BCUT2D eigenvalue weighted by Crippen LogP contribution is 2.34. The summed E-state index contributed by atoms with van der Waals surface area (Å²) >= 11 is 0. The van der Waals surface area contributed by atoms with Crippen LogP contribution in [0.3, 0.4) is 0 Å². The summed E-state index contributed by atoms with van der Waals surface area (Å²) in [7, 11) is 0. The highest BCUT2D eigenvalue weighted by atomic mass is 16.2. The van der Waals surface area contributed by atoms with Crippen molar-refractivity contribution in [2.45, 2.75) is 26.3 Å². The molecular weight excluding hydrogens is 322 g/mol. The molecular formula is C22H21N3O. The molecule has 0 saturated carbocycles. The third-order valence-electron chi connectivity index (χ3n) is 4.75. The van der Waals surface area contributed by atoms with E-state index >= 15 is 0 Å². The summed E-state index contributed by atoms with van der Waals surface area (Å²) in [4.78, 5) is 17.2. The Hall–Kier alpha value is -3.01. The molecule has 1 aliphatic heterocycles. The molecule has 4 nitrogen and oxygen atoms in total. The van der Waals surface area contributed by atoms with E-state index in [1.165, 1.54) is 0 Å². The van der Waals surface area contributed by atoms with Crippen LogP contribution in [0.25, 0.3) is 10.9 Å². The number of benzene rings is 2. The molecule has 0 saturated heterocycles. The van der Waals surface area contributed by atoms with Gasteiger partial charge in [0.05, 0.1) is 17.3 Å². The minimum Gasteiger partial charge on any atom is -0.273 e. The summed E-state index contributed by atoms with van der Waals surface area (Å²) in [5.41, 5.74) is 4.02. The first-order chi connectivity index (χ1) is 12.6. The summed E-state index contributed by atoms with van der Waals surface area (Å²) in [6.07, 6.45) is 2.50. The summed E-state index contributed by atoms with van der Waals surface area (Å²) in [5, 5.41) is 7.46. The SMILES string of the molecule is CC(C)C(=O)N1N=C(c2ccccc2)CC1c1ccc2cccnc2c1. The predicted octanol–water partition coefficient (Wildman–Crippen LogP) is 4.57. The van der Waals surface area contributed by atoms with Gasteiger partial charge in [-0.3, -0.25) is 9.78 Å². The van der Waals surface area contributed by atoms with Crippen LogP contribution in [-0.4, -0.2) is 21.6 Å². The van der Waals surface area contributed by atoms with Gasteiger partial charge in [0.15, 0.2) is 0 Å². The van der Waals surface area contributed by atoms with Gasteiger partial charge in [-0.2, -0.15) is 5.10 Å². The van der Waals surface area contributed by atoms with Gasteiger partial charge in [-0.05, 0) is 23.3 Å². The Kier molecular flexibility index (Phi) is 4.25. The van der Waals surface area contributed by atoms with Gasteiger partial charge in [-0.1, -0.05) is 62.4 Å². The van der Waals surface area contributed by atoms with Crippen molar-refractivity contribution < 1.29 is 4.79 Å². The lowest BCUT2D eigenvalue weighted by atomic mass is 9.97. The predicted molar refractivity (Wildman–Crippen MR) is 104 cm³/mol. The summed E-state index contributed by atoms with van der Waals surface area (Å²) < 4.78 is 0. The third-order valence-corrected chi connectivity index (χ3v) is 4.75. The molecule has 0 aliphatic carbocycles. The van der Waals surface area contributed by atoms with Gasteiger partial charge in [0.2, 0.25) is 5.91 Å². The van der Waals surface area contributed by atoms with Gasteiger partial charge in [0.1, 0.15) is 0 Å². The van der Waals surface area contributed by atoms with E-state index in [2.05, 4.69) is 23.2 Å². The Balaban J connectivity index is 1.74. The van der Waals surface area contributed by atoms with Crippen molar-refractivity contribution in [3.8, 4) is 0 Å². The number of carbonyl (C=O) groups excluding carboxylic acids is 1. The molecule has 1 unspecified atom stereocenters. The number of hydrazone groups is 1. The van der Waals surface area contributed by atoms with Gasteiger partial charge >= 0.3 is 0 Å². The maximum Gasteiger partial charge on any atom is 0.245 e. The Morgan fingerprint density at radius 3 is 2.65 bits per heavy atom. The largest absolute Gasteiger partial charge is 0.273 e. The molecule has 130 valence electrons. The molecule has 2 heterocycles. The smallest absolute Gasteiger partial charge is 0.245 e. The second kappa shape index (κ2) is 6.71. The second-order valence-corrected chi connectivity index (χ2v) is 6.93. The number of carbonyl (C=O) groups is 1. The number of aromatic nitrogens is 1. The monoisotopic (exact) mass is 343 g/mol. The molecule has 1 aromatic heterocycles. The molecule has 2 aromatic carbocycles. The van der Waals surface area contributed by atoms with E-state index in [0.29, 0.717) is 6.42 Å². The lowest BCUT2D eigenvalue weighted by Gasteiger charge is -2.23. The van der Waals surface area contributed by atoms with E-state index in [1.807, 2.05) is 56.3 Å². The van der Waals surface area contributed by atoms with Crippen molar-refractivity contribution in [1.82, 2.24) is 9.99 Å². The molecule has 0 fully saturated rings. The molecule has 3 aromatic rings. The fourth-order valence-corrected chi connectivity index (χ4v) is 3.33. The van der Waals surface area contributed by atoms with Crippen molar-refractivity contribution >= 4 is 22.5 Å².